The first-order valence-corrected chi connectivity index (χ1v) is 8.80. The summed E-state index contributed by atoms with van der Waals surface area (Å²) in [7, 11) is 3.53. The van der Waals surface area contributed by atoms with Crippen LogP contribution in [0.2, 0.25) is 0 Å². The predicted molar refractivity (Wildman–Crippen MR) is 101 cm³/mol. The van der Waals surface area contributed by atoms with Gasteiger partial charge in [-0.05, 0) is 20.0 Å². The molecule has 138 valence electrons. The van der Waals surface area contributed by atoms with E-state index in [4.69, 9.17) is 9.26 Å². The number of hydrogen-bond donors (Lipinski definition) is 0. The molecule has 2 aromatic rings. The second kappa shape index (κ2) is 8.29. The van der Waals surface area contributed by atoms with Crippen molar-refractivity contribution in [3.05, 3.63) is 47.2 Å². The van der Waals surface area contributed by atoms with E-state index in [2.05, 4.69) is 22.0 Å². The van der Waals surface area contributed by atoms with Crippen LogP contribution < -0.4 is 0 Å². The molecule has 0 unspecified atom stereocenters. The number of ether oxygens (including phenoxy) is 1. The molecule has 6 nitrogen and oxygen atoms in total. The summed E-state index contributed by atoms with van der Waals surface area (Å²) in [5.74, 6) is 0.368. The molecule has 0 N–H and O–H groups in total. The summed E-state index contributed by atoms with van der Waals surface area (Å²) >= 11 is 0. The second-order valence-corrected chi connectivity index (χ2v) is 6.61. The number of nitrogens with zero attached hydrogens (tertiary/aromatic N) is 3. The van der Waals surface area contributed by atoms with E-state index in [9.17, 15) is 4.79 Å². The molecule has 0 amide bonds. The zero-order chi connectivity index (χ0) is 18.5. The van der Waals surface area contributed by atoms with Gasteiger partial charge in [-0.15, -0.1) is 0 Å². The minimum absolute atomic E-state index is 0.316. The largest absolute Gasteiger partial charge is 0.466 e. The maximum atomic E-state index is 12.4. The van der Waals surface area contributed by atoms with Crippen LogP contribution in [0.4, 0.5) is 0 Å². The van der Waals surface area contributed by atoms with Gasteiger partial charge in [0.05, 0.1) is 12.7 Å². The Morgan fingerprint density at radius 3 is 2.58 bits per heavy atom. The number of rotatable bonds is 5. The van der Waals surface area contributed by atoms with E-state index in [1.54, 1.807) is 0 Å². The standard InChI is InChI=1S/C20H25N3O3/c1-15-18(19(21-26-15)16-7-5-4-6-8-16)13-17(20(24)25-3)14-23-11-9-22(2)10-12-23/h4-8,13H,9-12,14H2,1-3H3. The molecule has 2 heterocycles. The van der Waals surface area contributed by atoms with Crippen molar-refractivity contribution in [1.82, 2.24) is 15.0 Å². The maximum Gasteiger partial charge on any atom is 0.335 e. The molecule has 1 aliphatic heterocycles. The quantitative estimate of drug-likeness (QED) is 0.607. The summed E-state index contributed by atoms with van der Waals surface area (Å²) in [6.45, 7) is 6.26. The number of benzene rings is 1. The third-order valence-electron chi connectivity index (χ3n) is 4.71. The first kappa shape index (κ1) is 18.4. The Balaban J connectivity index is 1.91. The van der Waals surface area contributed by atoms with Gasteiger partial charge in [-0.1, -0.05) is 35.5 Å². The van der Waals surface area contributed by atoms with Crippen LogP contribution >= 0.6 is 0 Å². The van der Waals surface area contributed by atoms with Crippen LogP contribution in [-0.4, -0.2) is 67.8 Å². The Hall–Kier alpha value is -2.44. The van der Waals surface area contributed by atoms with Gasteiger partial charge in [0.15, 0.2) is 0 Å². The fraction of sp³-hybridized carbons (Fsp3) is 0.400. The normalized spacial score (nSPS) is 16.7. The van der Waals surface area contributed by atoms with Gasteiger partial charge in [0, 0.05) is 43.9 Å². The molecule has 1 aromatic carbocycles. The van der Waals surface area contributed by atoms with E-state index in [1.807, 2.05) is 43.3 Å². The van der Waals surface area contributed by atoms with Crippen molar-refractivity contribution in [3.63, 3.8) is 0 Å². The third-order valence-corrected chi connectivity index (χ3v) is 4.71. The van der Waals surface area contributed by atoms with Gasteiger partial charge in [0.25, 0.3) is 0 Å². The molecule has 26 heavy (non-hydrogen) atoms. The molecule has 1 saturated heterocycles. The van der Waals surface area contributed by atoms with E-state index >= 15 is 0 Å². The second-order valence-electron chi connectivity index (χ2n) is 6.61. The molecule has 0 aliphatic carbocycles. The van der Waals surface area contributed by atoms with E-state index in [1.165, 1.54) is 7.11 Å². The number of hydrogen-bond acceptors (Lipinski definition) is 6. The van der Waals surface area contributed by atoms with Gasteiger partial charge in [-0.2, -0.15) is 0 Å². The van der Waals surface area contributed by atoms with Gasteiger partial charge < -0.3 is 14.2 Å². The van der Waals surface area contributed by atoms with E-state index in [0.717, 1.165) is 43.0 Å². The molecule has 0 bridgehead atoms. The lowest BCUT2D eigenvalue weighted by atomic mass is 10.0. The summed E-state index contributed by atoms with van der Waals surface area (Å²) < 4.78 is 10.4. The smallest absolute Gasteiger partial charge is 0.335 e. The highest BCUT2D eigenvalue weighted by Crippen LogP contribution is 2.27. The lowest BCUT2D eigenvalue weighted by molar-refractivity contribution is -0.136. The Morgan fingerprint density at radius 1 is 1.23 bits per heavy atom. The fourth-order valence-corrected chi connectivity index (χ4v) is 3.07. The van der Waals surface area contributed by atoms with Gasteiger partial charge >= 0.3 is 5.97 Å². The van der Waals surface area contributed by atoms with Crippen molar-refractivity contribution >= 4 is 12.0 Å². The fourth-order valence-electron chi connectivity index (χ4n) is 3.07. The van der Waals surface area contributed by atoms with Crippen molar-refractivity contribution in [2.45, 2.75) is 6.92 Å². The molecular weight excluding hydrogens is 330 g/mol. The highest BCUT2D eigenvalue weighted by atomic mass is 16.5. The van der Waals surface area contributed by atoms with Gasteiger partial charge in [0.2, 0.25) is 0 Å². The molecule has 0 spiro atoms. The van der Waals surface area contributed by atoms with Crippen LogP contribution in [0.1, 0.15) is 11.3 Å². The molecule has 1 aromatic heterocycles. The summed E-state index contributed by atoms with van der Waals surface area (Å²) in [5.41, 5.74) is 3.13. The Kier molecular flexibility index (Phi) is 5.85. The number of carbonyl (C=O) groups is 1. The molecule has 0 atom stereocenters. The van der Waals surface area contributed by atoms with E-state index in [0.29, 0.717) is 17.9 Å². The van der Waals surface area contributed by atoms with E-state index < -0.39 is 0 Å². The van der Waals surface area contributed by atoms with Crippen LogP contribution in [0.3, 0.4) is 0 Å². The maximum absolute atomic E-state index is 12.4. The molecule has 0 saturated carbocycles. The third kappa shape index (κ3) is 4.20. The average molecular weight is 355 g/mol. The van der Waals surface area contributed by atoms with Crippen molar-refractivity contribution in [3.8, 4) is 11.3 Å². The van der Waals surface area contributed by atoms with Crippen molar-refractivity contribution in [1.29, 1.82) is 0 Å². The van der Waals surface area contributed by atoms with Crippen molar-refractivity contribution in [2.24, 2.45) is 0 Å². The molecule has 1 aliphatic rings. The van der Waals surface area contributed by atoms with Crippen LogP contribution in [0.5, 0.6) is 0 Å². The molecule has 0 radical (unpaired) electrons. The SMILES string of the molecule is COC(=O)C(=Cc1c(-c2ccccc2)noc1C)CN1CCN(C)CC1. The molecule has 6 heteroatoms. The topological polar surface area (TPSA) is 58.8 Å². The lowest BCUT2D eigenvalue weighted by Gasteiger charge is -2.32. The number of piperazine rings is 1. The summed E-state index contributed by atoms with van der Waals surface area (Å²) in [4.78, 5) is 16.9. The average Bonchev–Trinajstić information content (AvgIpc) is 3.03. The monoisotopic (exact) mass is 355 g/mol. The summed E-state index contributed by atoms with van der Waals surface area (Å²) in [6, 6.07) is 9.83. The van der Waals surface area contributed by atoms with Crippen LogP contribution in [0.25, 0.3) is 17.3 Å². The molecular formula is C20H25N3O3. The van der Waals surface area contributed by atoms with Crippen LogP contribution in [0, 0.1) is 6.92 Å². The van der Waals surface area contributed by atoms with Crippen LogP contribution in [0.15, 0.2) is 40.4 Å². The number of likely N-dealkylation sites (N-methyl/N-ethyl adjacent to an activating group) is 1. The minimum Gasteiger partial charge on any atom is -0.466 e. The Morgan fingerprint density at radius 2 is 1.92 bits per heavy atom. The number of aryl methyl sites for hydroxylation is 1. The highest BCUT2D eigenvalue weighted by molar-refractivity contribution is 5.95. The highest BCUT2D eigenvalue weighted by Gasteiger charge is 2.21. The first-order chi connectivity index (χ1) is 12.6. The van der Waals surface area contributed by atoms with Gasteiger partial charge in [-0.25, -0.2) is 4.79 Å². The van der Waals surface area contributed by atoms with E-state index in [-0.39, 0.29) is 5.97 Å². The number of aromatic nitrogens is 1. The lowest BCUT2D eigenvalue weighted by Crippen LogP contribution is -2.45. The summed E-state index contributed by atoms with van der Waals surface area (Å²) in [6.07, 6.45) is 1.86. The van der Waals surface area contributed by atoms with Gasteiger partial charge in [-0.3, -0.25) is 4.90 Å². The van der Waals surface area contributed by atoms with Crippen molar-refractivity contribution in [2.75, 3.05) is 46.9 Å². The Labute approximate surface area is 154 Å². The zero-order valence-electron chi connectivity index (χ0n) is 15.6. The Bertz CT molecular complexity index is 775. The number of methoxy groups -OCH3 is 1. The predicted octanol–water partition coefficient (Wildman–Crippen LogP) is 2.45. The minimum atomic E-state index is -0.316. The van der Waals surface area contributed by atoms with Crippen LogP contribution in [-0.2, 0) is 9.53 Å². The number of esters is 1. The molecule has 3 rings (SSSR count). The molecule has 1 fully saturated rings. The zero-order valence-corrected chi connectivity index (χ0v) is 15.6. The number of carbonyl (C=O) groups excluding carboxylic acids is 1. The summed E-state index contributed by atoms with van der Waals surface area (Å²) in [5, 5.41) is 4.19. The van der Waals surface area contributed by atoms with Gasteiger partial charge in [0.1, 0.15) is 11.5 Å². The van der Waals surface area contributed by atoms with Crippen molar-refractivity contribution < 1.29 is 14.1 Å². The first-order valence-electron chi connectivity index (χ1n) is 8.80.